The molecular formula is C33H29N3O3S. The number of thiazole rings is 1. The largest absolute Gasteiger partial charge is 0.463 e. The maximum atomic E-state index is 14.1. The molecule has 40 heavy (non-hydrogen) atoms. The molecule has 2 aromatic heterocycles. The molecule has 5 aromatic rings. The molecule has 1 aliphatic heterocycles. The lowest BCUT2D eigenvalue weighted by molar-refractivity contribution is -0.139. The molecule has 0 spiro atoms. The van der Waals surface area contributed by atoms with E-state index in [0.29, 0.717) is 20.6 Å². The number of aromatic nitrogens is 2. The highest BCUT2D eigenvalue weighted by atomic mass is 32.1. The Morgan fingerprint density at radius 3 is 2.38 bits per heavy atom. The standard InChI is InChI=1S/C33H29N3O3S/c1-4-39-32(38)29-21(2)34-33-36(30(29)24-15-9-6-10-16-24)31(37)28(40-33)19-26-22(3)35(20-23-13-7-5-8-14-23)27-18-12-11-17-25(26)27/h5-19,30H,4,20H2,1-3H3/b28-19-/t30-/m1/s1. The molecule has 0 aliphatic carbocycles. The molecule has 1 aliphatic rings. The summed E-state index contributed by atoms with van der Waals surface area (Å²) in [6.45, 7) is 6.66. The number of ether oxygens (including phenoxy) is 1. The number of allylic oxidation sites excluding steroid dienone is 1. The number of carbonyl (C=O) groups is 1. The summed E-state index contributed by atoms with van der Waals surface area (Å²) < 4.78 is 9.91. The van der Waals surface area contributed by atoms with E-state index in [-0.39, 0.29) is 12.2 Å². The van der Waals surface area contributed by atoms with E-state index in [1.807, 2.05) is 66.7 Å². The van der Waals surface area contributed by atoms with Gasteiger partial charge < -0.3 is 9.30 Å². The first-order valence-corrected chi connectivity index (χ1v) is 14.2. The van der Waals surface area contributed by atoms with Crippen molar-refractivity contribution in [2.75, 3.05) is 6.61 Å². The molecule has 0 fully saturated rings. The summed E-state index contributed by atoms with van der Waals surface area (Å²) >= 11 is 1.35. The van der Waals surface area contributed by atoms with Crippen molar-refractivity contribution in [3.63, 3.8) is 0 Å². The molecular weight excluding hydrogens is 518 g/mol. The van der Waals surface area contributed by atoms with Gasteiger partial charge >= 0.3 is 5.97 Å². The number of nitrogens with zero attached hydrogens (tertiary/aromatic N) is 3. The second-order valence-corrected chi connectivity index (χ2v) is 10.8. The average molecular weight is 548 g/mol. The number of carbonyl (C=O) groups excluding carboxylic acids is 1. The first kappa shape index (κ1) is 25.8. The zero-order valence-electron chi connectivity index (χ0n) is 22.6. The lowest BCUT2D eigenvalue weighted by Crippen LogP contribution is -2.39. The quantitative estimate of drug-likeness (QED) is 0.278. The van der Waals surface area contributed by atoms with Gasteiger partial charge in [-0.05, 0) is 44.0 Å². The van der Waals surface area contributed by atoms with Crippen LogP contribution in [0.1, 0.15) is 42.3 Å². The lowest BCUT2D eigenvalue weighted by Gasteiger charge is -2.24. The molecule has 0 unspecified atom stereocenters. The third-order valence-corrected chi connectivity index (χ3v) is 8.35. The monoisotopic (exact) mass is 547 g/mol. The van der Waals surface area contributed by atoms with Crippen LogP contribution < -0.4 is 14.9 Å². The SMILES string of the molecule is CCOC(=O)C1=C(C)N=c2s/c(=C\c3c(C)n(Cc4ccccc4)c4ccccc34)c(=O)n2[C@@H]1c1ccccc1. The molecule has 0 radical (unpaired) electrons. The number of hydrogen-bond acceptors (Lipinski definition) is 5. The Bertz CT molecular complexity index is 1950. The Morgan fingerprint density at radius 2 is 1.65 bits per heavy atom. The van der Waals surface area contributed by atoms with Gasteiger partial charge in [0.1, 0.15) is 0 Å². The molecule has 0 saturated carbocycles. The maximum absolute atomic E-state index is 14.1. The second-order valence-electron chi connectivity index (χ2n) is 9.80. The summed E-state index contributed by atoms with van der Waals surface area (Å²) in [4.78, 5) is 32.5. The van der Waals surface area contributed by atoms with Crippen LogP contribution in [0.3, 0.4) is 0 Å². The fourth-order valence-electron chi connectivity index (χ4n) is 5.48. The summed E-state index contributed by atoms with van der Waals surface area (Å²) in [6.07, 6.45) is 1.98. The van der Waals surface area contributed by atoms with Crippen LogP contribution >= 0.6 is 11.3 Å². The van der Waals surface area contributed by atoms with Crippen LogP contribution in [-0.2, 0) is 16.1 Å². The van der Waals surface area contributed by atoms with Crippen molar-refractivity contribution in [2.45, 2.75) is 33.4 Å². The fraction of sp³-hybridized carbons (Fsp3) is 0.182. The van der Waals surface area contributed by atoms with Gasteiger partial charge in [-0.2, -0.15) is 0 Å². The molecule has 0 N–H and O–H groups in total. The number of rotatable bonds is 6. The van der Waals surface area contributed by atoms with Gasteiger partial charge in [-0.15, -0.1) is 0 Å². The summed E-state index contributed by atoms with van der Waals surface area (Å²) in [7, 11) is 0. The van der Waals surface area contributed by atoms with Crippen molar-refractivity contribution in [3.05, 3.63) is 138 Å². The molecule has 0 saturated heterocycles. The number of fused-ring (bicyclic) bond motifs is 2. The van der Waals surface area contributed by atoms with Gasteiger partial charge in [0.25, 0.3) is 5.56 Å². The Morgan fingerprint density at radius 1 is 0.975 bits per heavy atom. The predicted octanol–water partition coefficient (Wildman–Crippen LogP) is 5.11. The van der Waals surface area contributed by atoms with Crippen molar-refractivity contribution in [2.24, 2.45) is 4.99 Å². The summed E-state index contributed by atoms with van der Waals surface area (Å²) in [5.74, 6) is -0.452. The first-order valence-electron chi connectivity index (χ1n) is 13.3. The normalized spacial score (nSPS) is 15.3. The highest BCUT2D eigenvalue weighted by Crippen LogP contribution is 2.31. The molecule has 3 heterocycles. The number of benzene rings is 3. The predicted molar refractivity (Wildman–Crippen MR) is 159 cm³/mol. The van der Waals surface area contributed by atoms with E-state index < -0.39 is 12.0 Å². The topological polar surface area (TPSA) is 65.6 Å². The van der Waals surface area contributed by atoms with Crippen LogP contribution in [0.15, 0.2) is 106 Å². The zero-order chi connectivity index (χ0) is 27.8. The van der Waals surface area contributed by atoms with Gasteiger partial charge in [0.2, 0.25) is 0 Å². The fourth-order valence-corrected chi connectivity index (χ4v) is 6.51. The minimum atomic E-state index is -0.612. The zero-order valence-corrected chi connectivity index (χ0v) is 23.4. The van der Waals surface area contributed by atoms with Crippen LogP contribution in [0.2, 0.25) is 0 Å². The van der Waals surface area contributed by atoms with Crippen molar-refractivity contribution in [1.29, 1.82) is 0 Å². The van der Waals surface area contributed by atoms with Crippen LogP contribution in [0.4, 0.5) is 0 Å². The van der Waals surface area contributed by atoms with Gasteiger partial charge in [0.15, 0.2) is 4.80 Å². The molecule has 1 atom stereocenters. The summed E-state index contributed by atoms with van der Waals surface area (Å²) in [6, 6.07) is 27.6. The van der Waals surface area contributed by atoms with Crippen LogP contribution in [0.5, 0.6) is 0 Å². The van der Waals surface area contributed by atoms with Crippen LogP contribution in [-0.4, -0.2) is 21.7 Å². The van der Waals surface area contributed by atoms with Gasteiger partial charge in [0.05, 0.1) is 28.5 Å². The van der Waals surface area contributed by atoms with E-state index in [2.05, 4.69) is 35.8 Å². The molecule has 7 heteroatoms. The van der Waals surface area contributed by atoms with E-state index >= 15 is 0 Å². The Hall–Kier alpha value is -4.49. The van der Waals surface area contributed by atoms with E-state index in [9.17, 15) is 9.59 Å². The first-order chi connectivity index (χ1) is 19.5. The van der Waals surface area contributed by atoms with Gasteiger partial charge in [-0.1, -0.05) is 90.2 Å². The number of hydrogen-bond donors (Lipinski definition) is 0. The Labute approximate surface area is 235 Å². The Kier molecular flexibility index (Phi) is 6.82. The van der Waals surface area contributed by atoms with Crippen LogP contribution in [0, 0.1) is 6.92 Å². The lowest BCUT2D eigenvalue weighted by atomic mass is 9.96. The molecule has 200 valence electrons. The van der Waals surface area contributed by atoms with E-state index in [4.69, 9.17) is 9.73 Å². The van der Waals surface area contributed by atoms with E-state index in [1.165, 1.54) is 16.9 Å². The average Bonchev–Trinajstić information content (AvgIpc) is 3.42. The van der Waals surface area contributed by atoms with Crippen LogP contribution in [0.25, 0.3) is 17.0 Å². The minimum Gasteiger partial charge on any atom is -0.463 e. The number of esters is 1. The van der Waals surface area contributed by atoms with Crippen molar-refractivity contribution in [1.82, 2.24) is 9.13 Å². The smallest absolute Gasteiger partial charge is 0.338 e. The molecule has 3 aromatic carbocycles. The van der Waals surface area contributed by atoms with Gasteiger partial charge in [0, 0.05) is 28.7 Å². The number of para-hydroxylation sites is 1. The van der Waals surface area contributed by atoms with E-state index in [0.717, 1.165) is 34.3 Å². The highest BCUT2D eigenvalue weighted by molar-refractivity contribution is 7.07. The molecule has 0 bridgehead atoms. The highest BCUT2D eigenvalue weighted by Gasteiger charge is 2.33. The van der Waals surface area contributed by atoms with Gasteiger partial charge in [-0.25, -0.2) is 9.79 Å². The summed E-state index contributed by atoms with van der Waals surface area (Å²) in [5.41, 5.74) is 6.04. The summed E-state index contributed by atoms with van der Waals surface area (Å²) in [5, 5.41) is 1.09. The minimum absolute atomic E-state index is 0.175. The Balaban J connectivity index is 1.55. The second kappa shape index (κ2) is 10.6. The van der Waals surface area contributed by atoms with Crippen molar-refractivity contribution in [3.8, 4) is 0 Å². The van der Waals surface area contributed by atoms with E-state index in [1.54, 1.807) is 18.4 Å². The van der Waals surface area contributed by atoms with Crippen molar-refractivity contribution >= 4 is 34.3 Å². The third-order valence-electron chi connectivity index (χ3n) is 7.37. The molecule has 0 amide bonds. The third kappa shape index (κ3) is 4.42. The molecule has 6 rings (SSSR count). The van der Waals surface area contributed by atoms with Gasteiger partial charge in [-0.3, -0.25) is 9.36 Å². The van der Waals surface area contributed by atoms with Crippen molar-refractivity contribution < 1.29 is 9.53 Å². The molecule has 6 nitrogen and oxygen atoms in total. The maximum Gasteiger partial charge on any atom is 0.338 e.